The molecule has 2 atom stereocenters. The molecule has 1 amide bonds. The Kier molecular flexibility index (Phi) is 4.58. The molecule has 23 heavy (non-hydrogen) atoms. The van der Waals surface area contributed by atoms with Gasteiger partial charge in [0.15, 0.2) is 0 Å². The van der Waals surface area contributed by atoms with Crippen molar-refractivity contribution >= 4 is 23.1 Å². The van der Waals surface area contributed by atoms with E-state index in [0.717, 1.165) is 6.42 Å². The van der Waals surface area contributed by atoms with Crippen LogP contribution in [0.4, 0.5) is 5.82 Å². The lowest BCUT2D eigenvalue weighted by Gasteiger charge is -2.08. The maximum absolute atomic E-state index is 12.1. The second kappa shape index (κ2) is 6.80. The molecule has 6 heteroatoms. The van der Waals surface area contributed by atoms with Gasteiger partial charge in [0.2, 0.25) is 5.91 Å². The molecule has 1 aliphatic carbocycles. The highest BCUT2D eigenvalue weighted by Gasteiger charge is 2.44. The van der Waals surface area contributed by atoms with Crippen LogP contribution in [0.5, 0.6) is 0 Å². The average Bonchev–Trinajstić information content (AvgIpc) is 3.26. The summed E-state index contributed by atoms with van der Waals surface area (Å²) in [6.45, 7) is 3.16. The van der Waals surface area contributed by atoms with E-state index >= 15 is 0 Å². The van der Waals surface area contributed by atoms with Gasteiger partial charge in [-0.05, 0) is 37.6 Å². The van der Waals surface area contributed by atoms with Gasteiger partial charge >= 0.3 is 0 Å². The number of nitriles is 1. The number of aryl methyl sites for hydroxylation is 1. The lowest BCUT2D eigenvalue weighted by atomic mass is 10.2. The van der Waals surface area contributed by atoms with Crippen LogP contribution in [-0.2, 0) is 4.79 Å². The van der Waals surface area contributed by atoms with Crippen LogP contribution >= 0.6 is 11.3 Å². The molecule has 1 saturated carbocycles. The predicted molar refractivity (Wildman–Crippen MR) is 90.4 cm³/mol. The van der Waals surface area contributed by atoms with E-state index in [2.05, 4.69) is 40.7 Å². The lowest BCUT2D eigenvalue weighted by molar-refractivity contribution is -0.122. The third kappa shape index (κ3) is 3.69. The van der Waals surface area contributed by atoms with Gasteiger partial charge in [-0.3, -0.25) is 4.79 Å². The van der Waals surface area contributed by atoms with Gasteiger partial charge in [-0.25, -0.2) is 4.98 Å². The first-order valence-corrected chi connectivity index (χ1v) is 8.43. The maximum atomic E-state index is 12.1. The van der Waals surface area contributed by atoms with E-state index in [1.54, 1.807) is 29.7 Å². The van der Waals surface area contributed by atoms with E-state index in [1.807, 2.05) is 0 Å². The number of rotatable bonds is 6. The van der Waals surface area contributed by atoms with Gasteiger partial charge in [-0.15, -0.1) is 11.3 Å². The number of pyridine rings is 1. The normalized spacial score (nSPS) is 19.0. The van der Waals surface area contributed by atoms with Crippen molar-refractivity contribution in [2.75, 3.05) is 18.4 Å². The summed E-state index contributed by atoms with van der Waals surface area (Å²) in [5.41, 5.74) is 0.508. The Labute approximate surface area is 139 Å². The van der Waals surface area contributed by atoms with Gasteiger partial charge in [-0.1, -0.05) is 0 Å². The van der Waals surface area contributed by atoms with Crippen LogP contribution < -0.4 is 10.6 Å². The van der Waals surface area contributed by atoms with E-state index in [0.29, 0.717) is 30.4 Å². The van der Waals surface area contributed by atoms with E-state index in [4.69, 9.17) is 5.26 Å². The molecule has 1 aliphatic rings. The molecule has 3 rings (SSSR count). The molecule has 2 N–H and O–H groups in total. The van der Waals surface area contributed by atoms with Crippen molar-refractivity contribution in [3.63, 3.8) is 0 Å². The molecule has 2 aromatic rings. The zero-order chi connectivity index (χ0) is 16.2. The number of carbonyl (C=O) groups is 1. The minimum atomic E-state index is 0.109. The number of carbonyl (C=O) groups excluding carboxylic acids is 1. The summed E-state index contributed by atoms with van der Waals surface area (Å²) in [7, 11) is 0. The Morgan fingerprint density at radius 3 is 3.04 bits per heavy atom. The number of hydrogen-bond acceptors (Lipinski definition) is 5. The zero-order valence-corrected chi connectivity index (χ0v) is 13.7. The number of nitrogens with zero attached hydrogens (tertiary/aromatic N) is 2. The number of amides is 1. The topological polar surface area (TPSA) is 77.8 Å². The molecule has 0 bridgehead atoms. The summed E-state index contributed by atoms with van der Waals surface area (Å²) in [6, 6.07) is 9.77. The molecular weight excluding hydrogens is 308 g/mol. The molecule has 0 unspecified atom stereocenters. The average molecular weight is 326 g/mol. The summed E-state index contributed by atoms with van der Waals surface area (Å²) < 4.78 is 0. The van der Waals surface area contributed by atoms with Gasteiger partial charge in [-0.2, -0.15) is 5.26 Å². The summed E-state index contributed by atoms with van der Waals surface area (Å²) in [4.78, 5) is 18.9. The first kappa shape index (κ1) is 15.5. The fourth-order valence-corrected chi connectivity index (χ4v) is 3.64. The van der Waals surface area contributed by atoms with E-state index in [1.165, 1.54) is 9.75 Å². The van der Waals surface area contributed by atoms with Crippen LogP contribution in [-0.4, -0.2) is 24.0 Å². The first-order valence-electron chi connectivity index (χ1n) is 7.62. The van der Waals surface area contributed by atoms with Gasteiger partial charge in [0.05, 0.1) is 5.56 Å². The van der Waals surface area contributed by atoms with Gasteiger partial charge in [0.25, 0.3) is 0 Å². The van der Waals surface area contributed by atoms with Crippen LogP contribution in [0.1, 0.15) is 27.7 Å². The second-order valence-electron chi connectivity index (χ2n) is 5.63. The number of thiophene rings is 1. The van der Waals surface area contributed by atoms with Gasteiger partial charge < -0.3 is 10.6 Å². The highest BCUT2D eigenvalue weighted by molar-refractivity contribution is 7.12. The summed E-state index contributed by atoms with van der Waals surface area (Å²) in [5.74, 6) is 1.17. The van der Waals surface area contributed by atoms with E-state index < -0.39 is 0 Å². The summed E-state index contributed by atoms with van der Waals surface area (Å²) in [5, 5.41) is 15.0. The number of anilines is 1. The number of aromatic nitrogens is 1. The smallest absolute Gasteiger partial charge is 0.223 e. The van der Waals surface area contributed by atoms with Crippen molar-refractivity contribution in [3.05, 3.63) is 45.8 Å². The minimum absolute atomic E-state index is 0.109. The maximum Gasteiger partial charge on any atom is 0.223 e. The molecule has 1 fully saturated rings. The second-order valence-corrected chi connectivity index (χ2v) is 6.95. The standard InChI is InChI=1S/C17H18N4OS/c1-11-4-5-15(23-11)13-9-14(13)17(22)21-8-7-20-16-12(10-18)3-2-6-19-16/h2-6,13-14H,7-9H2,1H3,(H,19,20)(H,21,22)/t13-,14-/m0/s1. The van der Waals surface area contributed by atoms with Gasteiger partial charge in [0, 0.05) is 40.9 Å². The molecule has 0 aliphatic heterocycles. The molecule has 2 heterocycles. The minimum Gasteiger partial charge on any atom is -0.367 e. The third-order valence-electron chi connectivity index (χ3n) is 3.90. The number of nitrogens with one attached hydrogen (secondary N) is 2. The van der Waals surface area contributed by atoms with Crippen LogP contribution in [0.15, 0.2) is 30.5 Å². The first-order chi connectivity index (χ1) is 11.2. The quantitative estimate of drug-likeness (QED) is 0.800. The Balaban J connectivity index is 1.42. The Bertz CT molecular complexity index is 749. The summed E-state index contributed by atoms with van der Waals surface area (Å²) in [6.07, 6.45) is 2.58. The van der Waals surface area contributed by atoms with E-state index in [-0.39, 0.29) is 11.8 Å². The van der Waals surface area contributed by atoms with Crippen molar-refractivity contribution in [1.82, 2.24) is 10.3 Å². The Morgan fingerprint density at radius 1 is 1.43 bits per heavy atom. The monoisotopic (exact) mass is 326 g/mol. The van der Waals surface area contributed by atoms with Crippen molar-refractivity contribution in [2.24, 2.45) is 5.92 Å². The predicted octanol–water partition coefficient (Wildman–Crippen LogP) is 2.66. The van der Waals surface area contributed by atoms with Crippen LogP contribution in [0.25, 0.3) is 0 Å². The van der Waals surface area contributed by atoms with Crippen molar-refractivity contribution < 1.29 is 4.79 Å². The molecule has 0 aromatic carbocycles. The molecule has 0 radical (unpaired) electrons. The van der Waals surface area contributed by atoms with Crippen LogP contribution in [0.3, 0.4) is 0 Å². The third-order valence-corrected chi connectivity index (χ3v) is 5.03. The molecule has 118 valence electrons. The van der Waals surface area contributed by atoms with Crippen LogP contribution in [0.2, 0.25) is 0 Å². The molecule has 0 spiro atoms. The molecule has 5 nitrogen and oxygen atoms in total. The molecule has 0 saturated heterocycles. The molecular formula is C17H18N4OS. The Morgan fingerprint density at radius 2 is 2.30 bits per heavy atom. The highest BCUT2D eigenvalue weighted by Crippen LogP contribution is 2.49. The fraction of sp³-hybridized carbons (Fsp3) is 0.353. The molecule has 2 aromatic heterocycles. The zero-order valence-electron chi connectivity index (χ0n) is 12.9. The Hall–Kier alpha value is -2.39. The van der Waals surface area contributed by atoms with E-state index in [9.17, 15) is 4.79 Å². The lowest BCUT2D eigenvalue weighted by Crippen LogP contribution is -2.30. The van der Waals surface area contributed by atoms with Crippen LogP contribution in [0, 0.1) is 24.2 Å². The van der Waals surface area contributed by atoms with Crippen molar-refractivity contribution in [2.45, 2.75) is 19.3 Å². The SMILES string of the molecule is Cc1ccc([C@H]2C[C@@H]2C(=O)NCCNc2ncccc2C#N)s1. The van der Waals surface area contributed by atoms with Gasteiger partial charge in [0.1, 0.15) is 11.9 Å². The largest absolute Gasteiger partial charge is 0.367 e. The van der Waals surface area contributed by atoms with Crippen molar-refractivity contribution in [1.29, 1.82) is 5.26 Å². The highest BCUT2D eigenvalue weighted by atomic mass is 32.1. The summed E-state index contributed by atoms with van der Waals surface area (Å²) >= 11 is 1.78. The number of hydrogen-bond donors (Lipinski definition) is 2. The van der Waals surface area contributed by atoms with Crippen molar-refractivity contribution in [3.8, 4) is 6.07 Å². The fourth-order valence-electron chi connectivity index (χ4n) is 2.59.